The molecule has 0 aromatic heterocycles. The van der Waals surface area contributed by atoms with Crippen LogP contribution in [0.15, 0.2) is 0 Å². The zero-order valence-electron chi connectivity index (χ0n) is 18.0. The summed E-state index contributed by atoms with van der Waals surface area (Å²) in [5.74, 6) is 0. The fraction of sp³-hybridized carbons (Fsp3) is 1.00. The molecule has 0 heterocycles. The predicted molar refractivity (Wildman–Crippen MR) is 115 cm³/mol. The fourth-order valence-corrected chi connectivity index (χ4v) is 4.01. The molecule has 0 aliphatic carbocycles. The third kappa shape index (κ3) is 15.0. The molecule has 26 heavy (non-hydrogen) atoms. The Labute approximate surface area is 164 Å². The molecule has 0 spiro atoms. The molecular formula is C23H49NO2. The van der Waals surface area contributed by atoms with Crippen LogP contribution in [0.4, 0.5) is 0 Å². The zero-order chi connectivity index (χ0) is 19.3. The van der Waals surface area contributed by atoms with Crippen molar-refractivity contribution in [1.82, 2.24) is 5.32 Å². The molecule has 158 valence electrons. The van der Waals surface area contributed by atoms with E-state index in [0.717, 1.165) is 19.3 Å². The summed E-state index contributed by atoms with van der Waals surface area (Å²) in [6, 6.07) is 0. The summed E-state index contributed by atoms with van der Waals surface area (Å²) < 4.78 is 0. The standard InChI is InChI=1S/C23H49NO2/c1-3-4-5-6-7-8-9-10-11-12-13-14-15-16-17-18-23(24-2,19-21-25)20-22-26/h24-26H,3-22H2,1-2H3. The van der Waals surface area contributed by atoms with Crippen LogP contribution in [-0.2, 0) is 0 Å². The minimum atomic E-state index is -0.0694. The lowest BCUT2D eigenvalue weighted by atomic mass is 9.86. The number of nitrogens with one attached hydrogen (secondary N) is 1. The molecule has 3 heteroatoms. The van der Waals surface area contributed by atoms with Crippen LogP contribution in [0.5, 0.6) is 0 Å². The van der Waals surface area contributed by atoms with Gasteiger partial charge in [-0.15, -0.1) is 0 Å². The molecule has 0 unspecified atom stereocenters. The second kappa shape index (κ2) is 19.6. The van der Waals surface area contributed by atoms with Gasteiger partial charge in [0.15, 0.2) is 0 Å². The number of unbranched alkanes of at least 4 members (excludes halogenated alkanes) is 14. The number of aliphatic hydroxyl groups excluding tert-OH is 2. The smallest absolute Gasteiger partial charge is 0.0448 e. The quantitative estimate of drug-likeness (QED) is 0.218. The molecule has 0 rings (SSSR count). The third-order valence-corrected chi connectivity index (χ3v) is 5.97. The Kier molecular flexibility index (Phi) is 19.5. The van der Waals surface area contributed by atoms with Gasteiger partial charge in [-0.3, -0.25) is 0 Å². The van der Waals surface area contributed by atoms with Gasteiger partial charge < -0.3 is 15.5 Å². The van der Waals surface area contributed by atoms with Gasteiger partial charge >= 0.3 is 0 Å². The monoisotopic (exact) mass is 371 g/mol. The maximum absolute atomic E-state index is 9.26. The molecule has 0 bridgehead atoms. The van der Waals surface area contributed by atoms with E-state index in [0.29, 0.717) is 0 Å². The van der Waals surface area contributed by atoms with Crippen molar-refractivity contribution in [2.45, 2.75) is 128 Å². The summed E-state index contributed by atoms with van der Waals surface area (Å²) in [6.07, 6.45) is 23.3. The van der Waals surface area contributed by atoms with E-state index in [1.54, 1.807) is 0 Å². The number of rotatable bonds is 21. The number of hydrogen-bond donors (Lipinski definition) is 3. The first-order valence-corrected chi connectivity index (χ1v) is 11.7. The molecule has 0 radical (unpaired) electrons. The maximum Gasteiger partial charge on any atom is 0.0448 e. The third-order valence-electron chi connectivity index (χ3n) is 5.97. The van der Waals surface area contributed by atoms with Crippen LogP contribution < -0.4 is 5.32 Å². The van der Waals surface area contributed by atoms with Gasteiger partial charge in [0.2, 0.25) is 0 Å². The van der Waals surface area contributed by atoms with E-state index in [1.165, 1.54) is 96.3 Å². The van der Waals surface area contributed by atoms with Crippen LogP contribution in [-0.4, -0.2) is 36.0 Å². The van der Waals surface area contributed by atoms with Gasteiger partial charge in [-0.2, -0.15) is 0 Å². The SMILES string of the molecule is CCCCCCCCCCCCCCCCCC(CCO)(CCO)NC. The Hall–Kier alpha value is -0.120. The summed E-state index contributed by atoms with van der Waals surface area (Å²) in [4.78, 5) is 0. The molecule has 0 atom stereocenters. The summed E-state index contributed by atoms with van der Waals surface area (Å²) in [7, 11) is 1.95. The van der Waals surface area contributed by atoms with Gasteiger partial charge in [0.1, 0.15) is 0 Å². The molecule has 0 aromatic rings. The molecule has 0 saturated carbocycles. The van der Waals surface area contributed by atoms with Gasteiger partial charge in [0.05, 0.1) is 0 Å². The molecule has 0 fully saturated rings. The summed E-state index contributed by atoms with van der Waals surface area (Å²) in [5.41, 5.74) is -0.0694. The zero-order valence-corrected chi connectivity index (χ0v) is 18.0. The molecule has 3 nitrogen and oxygen atoms in total. The van der Waals surface area contributed by atoms with Crippen molar-refractivity contribution in [2.24, 2.45) is 0 Å². The largest absolute Gasteiger partial charge is 0.396 e. The molecular weight excluding hydrogens is 322 g/mol. The van der Waals surface area contributed by atoms with Crippen LogP contribution in [0.3, 0.4) is 0 Å². The van der Waals surface area contributed by atoms with Gasteiger partial charge in [-0.25, -0.2) is 0 Å². The minimum absolute atomic E-state index is 0.0694. The van der Waals surface area contributed by atoms with Crippen molar-refractivity contribution in [3.05, 3.63) is 0 Å². The molecule has 0 aliphatic heterocycles. The lowest BCUT2D eigenvalue weighted by molar-refractivity contribution is 0.160. The highest BCUT2D eigenvalue weighted by Gasteiger charge is 2.26. The van der Waals surface area contributed by atoms with Crippen molar-refractivity contribution >= 4 is 0 Å². The van der Waals surface area contributed by atoms with Crippen LogP contribution in [0.1, 0.15) is 122 Å². The summed E-state index contributed by atoms with van der Waals surface area (Å²) in [5, 5.41) is 21.9. The van der Waals surface area contributed by atoms with E-state index in [-0.39, 0.29) is 18.8 Å². The first-order valence-electron chi connectivity index (χ1n) is 11.7. The highest BCUT2D eigenvalue weighted by molar-refractivity contribution is 4.86. The van der Waals surface area contributed by atoms with Gasteiger partial charge in [-0.05, 0) is 26.3 Å². The lowest BCUT2D eigenvalue weighted by Gasteiger charge is -2.33. The van der Waals surface area contributed by atoms with E-state index in [1.807, 2.05) is 7.05 Å². The van der Waals surface area contributed by atoms with Crippen LogP contribution >= 0.6 is 0 Å². The van der Waals surface area contributed by atoms with Crippen molar-refractivity contribution < 1.29 is 10.2 Å². The number of aliphatic hydroxyl groups is 2. The Morgan fingerprint density at radius 2 is 0.885 bits per heavy atom. The maximum atomic E-state index is 9.26. The van der Waals surface area contributed by atoms with E-state index >= 15 is 0 Å². The molecule has 0 aromatic carbocycles. The van der Waals surface area contributed by atoms with E-state index in [4.69, 9.17) is 0 Å². The normalized spacial score (nSPS) is 12.0. The summed E-state index contributed by atoms with van der Waals surface area (Å²) in [6.45, 7) is 2.67. The van der Waals surface area contributed by atoms with Gasteiger partial charge in [0.25, 0.3) is 0 Å². The Balaban J connectivity index is 3.39. The average molecular weight is 372 g/mol. The van der Waals surface area contributed by atoms with E-state index in [9.17, 15) is 10.2 Å². The average Bonchev–Trinajstić information content (AvgIpc) is 2.65. The number of hydrogen-bond acceptors (Lipinski definition) is 3. The Morgan fingerprint density at radius 1 is 0.538 bits per heavy atom. The van der Waals surface area contributed by atoms with Crippen LogP contribution in [0.2, 0.25) is 0 Å². The van der Waals surface area contributed by atoms with E-state index < -0.39 is 0 Å². The molecule has 0 aliphatic rings. The molecule has 0 saturated heterocycles. The van der Waals surface area contributed by atoms with E-state index in [2.05, 4.69) is 12.2 Å². The topological polar surface area (TPSA) is 52.5 Å². The second-order valence-electron chi connectivity index (χ2n) is 8.18. The fourth-order valence-electron chi connectivity index (χ4n) is 4.01. The van der Waals surface area contributed by atoms with Crippen LogP contribution in [0.25, 0.3) is 0 Å². The van der Waals surface area contributed by atoms with Gasteiger partial charge in [-0.1, -0.05) is 103 Å². The predicted octanol–water partition coefficient (Wildman–Crippen LogP) is 5.97. The minimum Gasteiger partial charge on any atom is -0.396 e. The van der Waals surface area contributed by atoms with Crippen molar-refractivity contribution in [1.29, 1.82) is 0 Å². The Morgan fingerprint density at radius 3 is 1.19 bits per heavy atom. The first-order chi connectivity index (χ1) is 12.7. The molecule has 0 amide bonds. The first kappa shape index (κ1) is 25.9. The highest BCUT2D eigenvalue weighted by atomic mass is 16.3. The second-order valence-corrected chi connectivity index (χ2v) is 8.18. The van der Waals surface area contributed by atoms with Crippen molar-refractivity contribution in [3.63, 3.8) is 0 Å². The summed E-state index contributed by atoms with van der Waals surface area (Å²) >= 11 is 0. The van der Waals surface area contributed by atoms with Crippen molar-refractivity contribution in [2.75, 3.05) is 20.3 Å². The molecule has 3 N–H and O–H groups in total. The Bertz CT molecular complexity index is 265. The lowest BCUT2D eigenvalue weighted by Crippen LogP contribution is -2.44. The van der Waals surface area contributed by atoms with Gasteiger partial charge in [0, 0.05) is 18.8 Å². The highest BCUT2D eigenvalue weighted by Crippen LogP contribution is 2.23. The van der Waals surface area contributed by atoms with Crippen LogP contribution in [0, 0.1) is 0 Å². The van der Waals surface area contributed by atoms with Crippen molar-refractivity contribution in [3.8, 4) is 0 Å².